The van der Waals surface area contributed by atoms with E-state index in [4.69, 9.17) is 9.47 Å². The summed E-state index contributed by atoms with van der Waals surface area (Å²) in [4.78, 5) is 7.19. The summed E-state index contributed by atoms with van der Waals surface area (Å²) in [6.45, 7) is 7.15. The molecule has 0 saturated heterocycles. The molecule has 0 spiro atoms. The predicted octanol–water partition coefficient (Wildman–Crippen LogP) is 7.55. The van der Waals surface area contributed by atoms with Crippen LogP contribution < -0.4 is 9.47 Å². The summed E-state index contributed by atoms with van der Waals surface area (Å²) >= 11 is 1.56. The molecule has 0 amide bonds. The number of aromatic amines is 1. The van der Waals surface area contributed by atoms with Gasteiger partial charge in [-0.05, 0) is 72.3 Å². The number of fused-ring (bicyclic) bond motifs is 1. The standard InChI is InChI=1S/C29H33F3N2O3S/c1-18(2)37-26-13-21-11-22(34-24(21)15-33-26)14-28(35,29(30,31)32)17-27(3,4)23-12-19(8-9-25(23)36-5)20-7-6-10-38-16-20/h6,8-13,15-16,18,34-35H,7,14,17H2,1-5H3. The molecule has 0 fully saturated rings. The normalized spacial score (nSPS) is 16.0. The Morgan fingerprint density at radius 1 is 1.16 bits per heavy atom. The monoisotopic (exact) mass is 546 g/mol. The first-order valence-corrected chi connectivity index (χ1v) is 13.4. The van der Waals surface area contributed by atoms with Gasteiger partial charge >= 0.3 is 6.18 Å². The Bertz CT molecular complexity index is 1360. The van der Waals surface area contributed by atoms with Crippen molar-refractivity contribution in [3.63, 3.8) is 0 Å². The van der Waals surface area contributed by atoms with Crippen LogP contribution in [-0.4, -0.2) is 40.1 Å². The molecule has 1 unspecified atom stereocenters. The third-order valence-electron chi connectivity index (χ3n) is 6.66. The fourth-order valence-electron chi connectivity index (χ4n) is 4.90. The van der Waals surface area contributed by atoms with Crippen LogP contribution in [-0.2, 0) is 11.8 Å². The summed E-state index contributed by atoms with van der Waals surface area (Å²) in [6, 6.07) is 8.86. The number of hydrogen-bond acceptors (Lipinski definition) is 5. The molecule has 2 N–H and O–H groups in total. The van der Waals surface area contributed by atoms with Crippen LogP contribution in [0.4, 0.5) is 13.2 Å². The van der Waals surface area contributed by atoms with Gasteiger partial charge < -0.3 is 19.6 Å². The van der Waals surface area contributed by atoms with Crippen LogP contribution in [0.1, 0.15) is 57.4 Å². The van der Waals surface area contributed by atoms with Crippen molar-refractivity contribution in [2.24, 2.45) is 0 Å². The minimum absolute atomic E-state index is 0.0870. The van der Waals surface area contributed by atoms with E-state index in [1.54, 1.807) is 43.8 Å². The number of ether oxygens (including phenoxy) is 2. The van der Waals surface area contributed by atoms with Gasteiger partial charge in [-0.15, -0.1) is 11.8 Å². The Hall–Kier alpha value is -2.91. The molecule has 0 saturated carbocycles. The summed E-state index contributed by atoms with van der Waals surface area (Å²) in [6.07, 6.45) is -1.84. The van der Waals surface area contributed by atoms with E-state index < -0.39 is 30.0 Å². The third kappa shape index (κ3) is 6.04. The Labute approximate surface area is 225 Å². The second kappa shape index (κ2) is 10.7. The number of allylic oxidation sites excluding steroid dienone is 2. The van der Waals surface area contributed by atoms with Gasteiger partial charge in [0.1, 0.15) is 5.75 Å². The first kappa shape index (κ1) is 28.1. The van der Waals surface area contributed by atoms with Gasteiger partial charge in [-0.25, -0.2) is 4.98 Å². The van der Waals surface area contributed by atoms with Gasteiger partial charge in [-0.3, -0.25) is 0 Å². The van der Waals surface area contributed by atoms with Crippen molar-refractivity contribution >= 4 is 28.2 Å². The van der Waals surface area contributed by atoms with Gasteiger partial charge in [0.2, 0.25) is 5.88 Å². The lowest BCUT2D eigenvalue weighted by Crippen LogP contribution is -2.51. The molecule has 1 aromatic carbocycles. The molecule has 3 heterocycles. The highest BCUT2D eigenvalue weighted by Gasteiger charge is 2.56. The van der Waals surface area contributed by atoms with Crippen molar-refractivity contribution in [1.82, 2.24) is 9.97 Å². The van der Waals surface area contributed by atoms with Crippen molar-refractivity contribution in [1.29, 1.82) is 0 Å². The molecule has 1 atom stereocenters. The van der Waals surface area contributed by atoms with Crippen LogP contribution in [0.2, 0.25) is 0 Å². The summed E-state index contributed by atoms with van der Waals surface area (Å²) in [5.41, 5.74) is -0.629. The number of pyridine rings is 1. The molecule has 1 aliphatic rings. The average Bonchev–Trinajstić information content (AvgIpc) is 3.24. The van der Waals surface area contributed by atoms with Gasteiger partial charge in [0.25, 0.3) is 0 Å². The largest absolute Gasteiger partial charge is 0.496 e. The van der Waals surface area contributed by atoms with Crippen molar-refractivity contribution < 1.29 is 27.8 Å². The molecule has 0 radical (unpaired) electrons. The number of methoxy groups -OCH3 is 1. The SMILES string of the molecule is COc1ccc(C2=CSC=CC2)cc1C(C)(C)CC(O)(Cc1cc2cc(OC(C)C)ncc2[nH]1)C(F)(F)F. The zero-order valence-corrected chi connectivity index (χ0v) is 23.0. The topological polar surface area (TPSA) is 67.4 Å². The Morgan fingerprint density at radius 3 is 2.55 bits per heavy atom. The van der Waals surface area contributed by atoms with Crippen molar-refractivity contribution in [3.8, 4) is 11.6 Å². The van der Waals surface area contributed by atoms with Gasteiger partial charge in [0, 0.05) is 29.1 Å². The minimum Gasteiger partial charge on any atom is -0.496 e. The maximum absolute atomic E-state index is 14.5. The zero-order valence-electron chi connectivity index (χ0n) is 22.1. The smallest absolute Gasteiger partial charge is 0.417 e. The van der Waals surface area contributed by atoms with Crippen molar-refractivity contribution in [2.75, 3.05) is 7.11 Å². The molecule has 0 aliphatic carbocycles. The number of thioether (sulfide) groups is 1. The van der Waals surface area contributed by atoms with E-state index in [0.29, 0.717) is 28.1 Å². The van der Waals surface area contributed by atoms with E-state index in [0.717, 1.165) is 17.6 Å². The lowest BCUT2D eigenvalue weighted by molar-refractivity contribution is -0.266. The predicted molar refractivity (Wildman–Crippen MR) is 147 cm³/mol. The zero-order chi connectivity index (χ0) is 27.7. The number of nitrogens with zero attached hydrogens (tertiary/aromatic N) is 1. The fourth-order valence-corrected chi connectivity index (χ4v) is 5.58. The van der Waals surface area contributed by atoms with Crippen molar-refractivity contribution in [3.05, 3.63) is 70.2 Å². The number of benzene rings is 1. The van der Waals surface area contributed by atoms with Crippen LogP contribution in [0.15, 0.2) is 53.4 Å². The van der Waals surface area contributed by atoms with Crippen LogP contribution >= 0.6 is 11.8 Å². The number of hydrogen-bond donors (Lipinski definition) is 2. The molecule has 3 aromatic rings. The van der Waals surface area contributed by atoms with E-state index in [-0.39, 0.29) is 11.8 Å². The molecule has 5 nitrogen and oxygen atoms in total. The highest BCUT2D eigenvalue weighted by atomic mass is 32.2. The lowest BCUT2D eigenvalue weighted by atomic mass is 9.72. The number of rotatable bonds is 9. The van der Waals surface area contributed by atoms with E-state index in [1.807, 2.05) is 42.9 Å². The Kier molecular flexibility index (Phi) is 7.91. The number of aromatic nitrogens is 2. The number of H-pyrrole nitrogens is 1. The second-order valence-corrected chi connectivity index (χ2v) is 11.4. The Morgan fingerprint density at radius 2 is 1.92 bits per heavy atom. The van der Waals surface area contributed by atoms with Gasteiger partial charge in [0.05, 0.1) is 24.9 Å². The van der Waals surface area contributed by atoms with E-state index in [2.05, 4.69) is 9.97 Å². The molecule has 9 heteroatoms. The van der Waals surface area contributed by atoms with Gasteiger partial charge in [-0.1, -0.05) is 26.0 Å². The highest BCUT2D eigenvalue weighted by molar-refractivity contribution is 8.05. The summed E-state index contributed by atoms with van der Waals surface area (Å²) < 4.78 is 54.7. The maximum atomic E-state index is 14.5. The van der Waals surface area contributed by atoms with E-state index in [9.17, 15) is 18.3 Å². The van der Waals surface area contributed by atoms with Gasteiger partial charge in [0.15, 0.2) is 5.60 Å². The molecule has 0 bridgehead atoms. The number of nitrogens with one attached hydrogen (secondary N) is 1. The summed E-state index contributed by atoms with van der Waals surface area (Å²) in [5.74, 6) is 0.872. The van der Waals surface area contributed by atoms with Crippen LogP contribution in [0.3, 0.4) is 0 Å². The van der Waals surface area contributed by atoms with E-state index in [1.165, 1.54) is 13.3 Å². The second-order valence-electron chi connectivity index (χ2n) is 10.6. The number of halogens is 3. The molecular formula is C29H33F3N2O3S. The number of aliphatic hydroxyl groups is 1. The third-order valence-corrected chi connectivity index (χ3v) is 7.43. The molecule has 2 aromatic heterocycles. The molecule has 38 heavy (non-hydrogen) atoms. The quantitative estimate of drug-likeness (QED) is 0.290. The average molecular weight is 547 g/mol. The molecule has 4 rings (SSSR count). The highest BCUT2D eigenvalue weighted by Crippen LogP contribution is 2.46. The first-order chi connectivity index (χ1) is 17.8. The molecule has 1 aliphatic heterocycles. The van der Waals surface area contributed by atoms with Crippen LogP contribution in [0.25, 0.3) is 16.5 Å². The molecule has 204 valence electrons. The Balaban J connectivity index is 1.67. The summed E-state index contributed by atoms with van der Waals surface area (Å²) in [5, 5.41) is 15.9. The minimum atomic E-state index is -4.87. The maximum Gasteiger partial charge on any atom is 0.417 e. The summed E-state index contributed by atoms with van der Waals surface area (Å²) in [7, 11) is 1.50. The lowest BCUT2D eigenvalue weighted by Gasteiger charge is -2.38. The van der Waals surface area contributed by atoms with Crippen molar-refractivity contribution in [2.45, 2.75) is 70.3 Å². The molecular weight excluding hydrogens is 513 g/mol. The first-order valence-electron chi connectivity index (χ1n) is 12.4. The van der Waals surface area contributed by atoms with Crippen LogP contribution in [0.5, 0.6) is 11.6 Å². The van der Waals surface area contributed by atoms with Crippen LogP contribution in [0, 0.1) is 0 Å². The fraction of sp³-hybridized carbons (Fsp3) is 0.414. The van der Waals surface area contributed by atoms with Gasteiger partial charge in [-0.2, -0.15) is 13.2 Å². The van der Waals surface area contributed by atoms with E-state index >= 15 is 0 Å². The number of alkyl halides is 3.